The monoisotopic (exact) mass is 306 g/mol. The zero-order valence-corrected chi connectivity index (χ0v) is 12.1. The maximum absolute atomic E-state index is 13.0. The molecular formula is C15H19FN4O2. The number of hydrogen-bond acceptors (Lipinski definition) is 3. The predicted octanol–water partition coefficient (Wildman–Crippen LogP) is 1.45. The van der Waals surface area contributed by atoms with Gasteiger partial charge in [0, 0.05) is 32.0 Å². The summed E-state index contributed by atoms with van der Waals surface area (Å²) in [5.41, 5.74) is 0.431. The van der Waals surface area contributed by atoms with Gasteiger partial charge in [-0.1, -0.05) is 12.1 Å². The zero-order chi connectivity index (χ0) is 15.8. The fourth-order valence-electron chi connectivity index (χ4n) is 1.97. The lowest BCUT2D eigenvalue weighted by molar-refractivity contribution is 0.172. The summed E-state index contributed by atoms with van der Waals surface area (Å²) < 4.78 is 15.0. The molecule has 3 N–H and O–H groups in total. The number of amides is 2. The maximum Gasteiger partial charge on any atom is 0.314 e. The van der Waals surface area contributed by atoms with Crippen molar-refractivity contribution < 1.29 is 14.3 Å². The third-order valence-corrected chi connectivity index (χ3v) is 3.13. The van der Waals surface area contributed by atoms with Crippen LogP contribution in [0, 0.1) is 5.82 Å². The highest BCUT2D eigenvalue weighted by molar-refractivity contribution is 5.73. The molecule has 0 aliphatic rings. The highest BCUT2D eigenvalue weighted by Gasteiger charge is 2.09. The predicted molar refractivity (Wildman–Crippen MR) is 79.6 cm³/mol. The number of benzene rings is 1. The van der Waals surface area contributed by atoms with E-state index in [1.165, 1.54) is 18.2 Å². The number of halogens is 1. The number of nitrogens with zero attached hydrogens (tertiary/aromatic N) is 2. The third kappa shape index (κ3) is 5.17. The lowest BCUT2D eigenvalue weighted by Gasteiger charge is -2.13. The van der Waals surface area contributed by atoms with Crippen LogP contribution in [0.5, 0.6) is 0 Å². The van der Waals surface area contributed by atoms with Gasteiger partial charge in [0.2, 0.25) is 0 Å². The number of aromatic nitrogens is 2. The van der Waals surface area contributed by atoms with Crippen molar-refractivity contribution in [3.8, 4) is 0 Å². The Bertz CT molecular complexity index is 589. The van der Waals surface area contributed by atoms with E-state index in [1.54, 1.807) is 18.6 Å². The zero-order valence-electron chi connectivity index (χ0n) is 12.1. The van der Waals surface area contributed by atoms with Gasteiger partial charge in [0.25, 0.3) is 0 Å². The van der Waals surface area contributed by atoms with E-state index in [1.807, 2.05) is 10.8 Å². The molecule has 1 aromatic heterocycles. The number of rotatable bonds is 7. The quantitative estimate of drug-likeness (QED) is 0.677. The fourth-order valence-corrected chi connectivity index (χ4v) is 1.97. The first-order chi connectivity index (χ1) is 10.6. The Hall–Kier alpha value is -2.41. The lowest BCUT2D eigenvalue weighted by Crippen LogP contribution is -2.38. The largest absolute Gasteiger partial charge is 0.387 e. The molecule has 22 heavy (non-hydrogen) atoms. The Morgan fingerprint density at radius 2 is 2.27 bits per heavy atom. The molecule has 2 aromatic rings. The molecule has 1 heterocycles. The molecule has 2 amide bonds. The topological polar surface area (TPSA) is 79.2 Å². The second kappa shape index (κ2) is 8.14. The second-order valence-electron chi connectivity index (χ2n) is 4.86. The number of aliphatic hydroxyl groups excluding tert-OH is 1. The molecule has 1 atom stereocenters. The lowest BCUT2D eigenvalue weighted by atomic mass is 10.1. The minimum absolute atomic E-state index is 0.0246. The van der Waals surface area contributed by atoms with Crippen LogP contribution in [-0.2, 0) is 6.54 Å². The van der Waals surface area contributed by atoms with Crippen molar-refractivity contribution in [3.63, 3.8) is 0 Å². The van der Waals surface area contributed by atoms with Crippen molar-refractivity contribution in [1.82, 2.24) is 20.2 Å². The number of nitrogens with one attached hydrogen (secondary N) is 2. The minimum atomic E-state index is -0.938. The molecule has 2 rings (SSSR count). The minimum Gasteiger partial charge on any atom is -0.387 e. The first-order valence-corrected chi connectivity index (χ1v) is 7.06. The Morgan fingerprint density at radius 1 is 1.41 bits per heavy atom. The van der Waals surface area contributed by atoms with E-state index in [4.69, 9.17) is 0 Å². The van der Waals surface area contributed by atoms with Crippen molar-refractivity contribution >= 4 is 6.03 Å². The molecule has 6 nitrogen and oxygen atoms in total. The second-order valence-corrected chi connectivity index (χ2v) is 4.86. The van der Waals surface area contributed by atoms with E-state index in [9.17, 15) is 14.3 Å². The maximum atomic E-state index is 13.0. The molecule has 0 fully saturated rings. The molecular weight excluding hydrogens is 287 g/mol. The van der Waals surface area contributed by atoms with Crippen LogP contribution in [0.1, 0.15) is 18.1 Å². The van der Waals surface area contributed by atoms with E-state index in [0.29, 0.717) is 12.1 Å². The average molecular weight is 306 g/mol. The summed E-state index contributed by atoms with van der Waals surface area (Å²) in [6, 6.07) is 5.32. The molecule has 0 aliphatic heterocycles. The normalized spacial score (nSPS) is 11.9. The summed E-state index contributed by atoms with van der Waals surface area (Å²) in [4.78, 5) is 15.5. The van der Waals surface area contributed by atoms with Gasteiger partial charge in [0.15, 0.2) is 0 Å². The molecule has 0 saturated carbocycles. The van der Waals surface area contributed by atoms with Gasteiger partial charge in [0.1, 0.15) is 5.82 Å². The van der Waals surface area contributed by atoms with Crippen LogP contribution >= 0.6 is 0 Å². The molecule has 0 saturated heterocycles. The fraction of sp³-hybridized carbons (Fsp3) is 0.333. The number of carbonyl (C=O) groups excluding carboxylic acids is 1. The van der Waals surface area contributed by atoms with Crippen molar-refractivity contribution in [2.45, 2.75) is 19.1 Å². The van der Waals surface area contributed by atoms with Gasteiger partial charge >= 0.3 is 6.03 Å². The van der Waals surface area contributed by atoms with Crippen molar-refractivity contribution in [1.29, 1.82) is 0 Å². The van der Waals surface area contributed by atoms with E-state index in [-0.39, 0.29) is 12.6 Å². The summed E-state index contributed by atoms with van der Waals surface area (Å²) in [6.45, 7) is 1.31. The van der Waals surface area contributed by atoms with Crippen molar-refractivity contribution in [3.05, 3.63) is 54.4 Å². The van der Waals surface area contributed by atoms with Crippen molar-refractivity contribution in [2.75, 3.05) is 13.1 Å². The van der Waals surface area contributed by atoms with Gasteiger partial charge < -0.3 is 20.3 Å². The first kappa shape index (κ1) is 16.0. The molecule has 0 spiro atoms. The number of hydrogen-bond donors (Lipinski definition) is 3. The van der Waals surface area contributed by atoms with Crippen LogP contribution in [-0.4, -0.2) is 33.8 Å². The summed E-state index contributed by atoms with van der Waals surface area (Å²) in [5.74, 6) is -0.416. The third-order valence-electron chi connectivity index (χ3n) is 3.13. The number of aryl methyl sites for hydroxylation is 1. The van der Waals surface area contributed by atoms with Crippen LogP contribution in [0.15, 0.2) is 43.0 Å². The van der Waals surface area contributed by atoms with Gasteiger partial charge in [0.05, 0.1) is 12.4 Å². The Labute approximate surface area is 128 Å². The van der Waals surface area contributed by atoms with Gasteiger partial charge in [-0.25, -0.2) is 14.2 Å². The summed E-state index contributed by atoms with van der Waals surface area (Å²) in [6.07, 6.45) is 5.11. The highest BCUT2D eigenvalue weighted by atomic mass is 19.1. The number of aliphatic hydroxyl groups is 1. The van der Waals surface area contributed by atoms with Crippen molar-refractivity contribution in [2.24, 2.45) is 0 Å². The van der Waals surface area contributed by atoms with E-state index < -0.39 is 11.9 Å². The standard InChI is InChI=1S/C15H19FN4O2/c16-13-4-1-3-12(9-13)14(21)10-19-15(22)18-5-2-7-20-8-6-17-11-20/h1,3-4,6,8-9,11,14,21H,2,5,7,10H2,(H2,18,19,22). The van der Waals surface area contributed by atoms with E-state index in [0.717, 1.165) is 13.0 Å². The number of urea groups is 1. The molecule has 0 bridgehead atoms. The Morgan fingerprint density at radius 3 is 3.00 bits per heavy atom. The Balaban J connectivity index is 1.62. The smallest absolute Gasteiger partial charge is 0.314 e. The molecule has 1 aromatic carbocycles. The van der Waals surface area contributed by atoms with E-state index >= 15 is 0 Å². The Kier molecular flexibility index (Phi) is 5.91. The van der Waals surface area contributed by atoms with E-state index in [2.05, 4.69) is 15.6 Å². The van der Waals surface area contributed by atoms with Gasteiger partial charge in [-0.3, -0.25) is 0 Å². The SMILES string of the molecule is O=C(NCCCn1ccnc1)NCC(O)c1cccc(F)c1. The number of imidazole rings is 1. The van der Waals surface area contributed by atoms with Gasteiger partial charge in [-0.2, -0.15) is 0 Å². The molecule has 7 heteroatoms. The molecule has 0 aliphatic carbocycles. The summed E-state index contributed by atoms with van der Waals surface area (Å²) in [7, 11) is 0. The molecule has 0 radical (unpaired) electrons. The summed E-state index contributed by atoms with van der Waals surface area (Å²) >= 11 is 0. The van der Waals surface area contributed by atoms with Crippen LogP contribution in [0.2, 0.25) is 0 Å². The van der Waals surface area contributed by atoms with Gasteiger partial charge in [-0.05, 0) is 24.1 Å². The summed E-state index contributed by atoms with van der Waals surface area (Å²) in [5, 5.41) is 15.1. The van der Waals surface area contributed by atoms with Crippen LogP contribution in [0.3, 0.4) is 0 Å². The average Bonchev–Trinajstić information content (AvgIpc) is 3.02. The van der Waals surface area contributed by atoms with Crippen LogP contribution in [0.25, 0.3) is 0 Å². The first-order valence-electron chi connectivity index (χ1n) is 7.06. The highest BCUT2D eigenvalue weighted by Crippen LogP contribution is 2.12. The van der Waals surface area contributed by atoms with Gasteiger partial charge in [-0.15, -0.1) is 0 Å². The van der Waals surface area contributed by atoms with Crippen LogP contribution < -0.4 is 10.6 Å². The number of carbonyl (C=O) groups is 1. The molecule has 1 unspecified atom stereocenters. The molecule has 118 valence electrons. The van der Waals surface area contributed by atoms with Crippen LogP contribution in [0.4, 0.5) is 9.18 Å².